The minimum absolute atomic E-state index is 0.159. The molecule has 1 heterocycles. The van der Waals surface area contributed by atoms with E-state index < -0.39 is 0 Å². The molecule has 0 saturated carbocycles. The van der Waals surface area contributed by atoms with E-state index in [0.29, 0.717) is 17.0 Å². The molecular formula is C19H13NO2. The Balaban J connectivity index is 1.87. The zero-order valence-corrected chi connectivity index (χ0v) is 11.7. The Morgan fingerprint density at radius 3 is 2.36 bits per heavy atom. The molecule has 4 aromatic rings. The van der Waals surface area contributed by atoms with Crippen molar-refractivity contribution in [1.82, 2.24) is 4.98 Å². The van der Waals surface area contributed by atoms with Gasteiger partial charge in [0.2, 0.25) is 5.89 Å². The third kappa shape index (κ3) is 2.13. The van der Waals surface area contributed by atoms with Crippen LogP contribution < -0.4 is 0 Å². The second kappa shape index (κ2) is 5.04. The Hall–Kier alpha value is -3.07. The van der Waals surface area contributed by atoms with Gasteiger partial charge in [-0.2, -0.15) is 0 Å². The average molecular weight is 287 g/mol. The maximum atomic E-state index is 10.2. The lowest BCUT2D eigenvalue weighted by Gasteiger charge is -2.05. The molecule has 3 nitrogen and oxygen atoms in total. The summed E-state index contributed by atoms with van der Waals surface area (Å²) in [6, 6.07) is 23.0. The van der Waals surface area contributed by atoms with Gasteiger partial charge in [-0.3, -0.25) is 0 Å². The number of oxazole rings is 1. The largest absolute Gasteiger partial charge is 0.507 e. The standard InChI is InChI=1S/C19H13NO2/c21-17-11-10-14(13-6-2-1-3-7-13)12-15(17)19-20-16-8-4-5-9-18(16)22-19/h1-12,21H. The molecule has 4 rings (SSSR count). The maximum Gasteiger partial charge on any atom is 0.231 e. The molecule has 3 heteroatoms. The van der Waals surface area contributed by atoms with E-state index in [-0.39, 0.29) is 5.75 Å². The fourth-order valence-corrected chi connectivity index (χ4v) is 2.50. The minimum atomic E-state index is 0.159. The second-order valence-electron chi connectivity index (χ2n) is 5.08. The number of rotatable bonds is 2. The van der Waals surface area contributed by atoms with Crippen molar-refractivity contribution in [3.8, 4) is 28.3 Å². The van der Waals surface area contributed by atoms with Crippen molar-refractivity contribution in [3.63, 3.8) is 0 Å². The average Bonchev–Trinajstić information content (AvgIpc) is 3.00. The maximum absolute atomic E-state index is 10.2. The molecule has 0 fully saturated rings. The summed E-state index contributed by atoms with van der Waals surface area (Å²) in [4.78, 5) is 4.45. The first-order valence-electron chi connectivity index (χ1n) is 7.06. The Kier molecular flexibility index (Phi) is 2.90. The van der Waals surface area contributed by atoms with Crippen LogP contribution in [0.3, 0.4) is 0 Å². The third-order valence-corrected chi connectivity index (χ3v) is 3.63. The van der Waals surface area contributed by atoms with Gasteiger partial charge in [-0.25, -0.2) is 4.98 Å². The Labute approximate surface area is 127 Å². The number of benzene rings is 3. The molecule has 1 aromatic heterocycles. The number of phenolic OH excluding ortho intramolecular Hbond substituents is 1. The summed E-state index contributed by atoms with van der Waals surface area (Å²) in [5, 5.41) is 10.2. The number of phenols is 1. The molecule has 0 radical (unpaired) electrons. The minimum Gasteiger partial charge on any atom is -0.507 e. The van der Waals surface area contributed by atoms with Crippen LogP contribution in [0.5, 0.6) is 5.75 Å². The summed E-state index contributed by atoms with van der Waals surface area (Å²) < 4.78 is 5.75. The predicted octanol–water partition coefficient (Wildman–Crippen LogP) is 4.87. The van der Waals surface area contributed by atoms with Gasteiger partial charge >= 0.3 is 0 Å². The van der Waals surface area contributed by atoms with E-state index >= 15 is 0 Å². The van der Waals surface area contributed by atoms with E-state index in [1.165, 1.54) is 0 Å². The number of nitrogens with zero attached hydrogens (tertiary/aromatic N) is 1. The molecule has 1 N–H and O–H groups in total. The second-order valence-corrected chi connectivity index (χ2v) is 5.08. The van der Waals surface area contributed by atoms with Gasteiger partial charge in [0.1, 0.15) is 11.3 Å². The summed E-state index contributed by atoms with van der Waals surface area (Å²) >= 11 is 0. The molecule has 0 spiro atoms. The monoisotopic (exact) mass is 287 g/mol. The molecular weight excluding hydrogens is 274 g/mol. The van der Waals surface area contributed by atoms with Crippen LogP contribution in [0, 0.1) is 0 Å². The summed E-state index contributed by atoms with van der Waals surface area (Å²) in [5.41, 5.74) is 4.18. The van der Waals surface area contributed by atoms with Crippen LogP contribution in [0.1, 0.15) is 0 Å². The smallest absolute Gasteiger partial charge is 0.231 e. The molecule has 0 aliphatic rings. The molecule has 3 aromatic carbocycles. The highest BCUT2D eigenvalue weighted by molar-refractivity contribution is 5.79. The topological polar surface area (TPSA) is 46.3 Å². The predicted molar refractivity (Wildman–Crippen MR) is 86.5 cm³/mol. The van der Waals surface area contributed by atoms with Crippen molar-refractivity contribution in [3.05, 3.63) is 72.8 Å². The normalized spacial score (nSPS) is 10.9. The quantitative estimate of drug-likeness (QED) is 0.572. The van der Waals surface area contributed by atoms with Crippen molar-refractivity contribution in [2.45, 2.75) is 0 Å². The van der Waals surface area contributed by atoms with E-state index in [0.717, 1.165) is 16.6 Å². The molecule has 0 saturated heterocycles. The first-order chi connectivity index (χ1) is 10.8. The molecule has 0 aliphatic heterocycles. The van der Waals surface area contributed by atoms with Crippen molar-refractivity contribution in [1.29, 1.82) is 0 Å². The fraction of sp³-hybridized carbons (Fsp3) is 0. The van der Waals surface area contributed by atoms with Crippen molar-refractivity contribution >= 4 is 11.1 Å². The molecule has 0 unspecified atom stereocenters. The van der Waals surface area contributed by atoms with Gasteiger partial charge in [-0.05, 0) is 35.4 Å². The summed E-state index contributed by atoms with van der Waals surface area (Å²) in [6.45, 7) is 0. The van der Waals surface area contributed by atoms with Gasteiger partial charge in [0.15, 0.2) is 5.58 Å². The molecule has 0 amide bonds. The highest BCUT2D eigenvalue weighted by atomic mass is 16.3. The van der Waals surface area contributed by atoms with Crippen LogP contribution in [0.4, 0.5) is 0 Å². The number of aromatic hydroxyl groups is 1. The fourth-order valence-electron chi connectivity index (χ4n) is 2.50. The molecule has 0 bridgehead atoms. The van der Waals surface area contributed by atoms with Crippen LogP contribution in [0.15, 0.2) is 77.2 Å². The van der Waals surface area contributed by atoms with Crippen LogP contribution >= 0.6 is 0 Å². The first kappa shape index (κ1) is 12.7. The Morgan fingerprint density at radius 2 is 1.55 bits per heavy atom. The lowest BCUT2D eigenvalue weighted by molar-refractivity contribution is 0.474. The van der Waals surface area contributed by atoms with Crippen LogP contribution in [-0.2, 0) is 0 Å². The molecule has 0 atom stereocenters. The third-order valence-electron chi connectivity index (χ3n) is 3.63. The van der Waals surface area contributed by atoms with Crippen molar-refractivity contribution in [2.75, 3.05) is 0 Å². The van der Waals surface area contributed by atoms with E-state index in [4.69, 9.17) is 4.42 Å². The SMILES string of the molecule is Oc1ccc(-c2ccccc2)cc1-c1nc2ccccc2o1. The number of aromatic nitrogens is 1. The van der Waals surface area contributed by atoms with Crippen molar-refractivity contribution < 1.29 is 9.52 Å². The number of hydrogen-bond acceptors (Lipinski definition) is 3. The summed E-state index contributed by atoms with van der Waals surface area (Å²) in [7, 11) is 0. The molecule has 22 heavy (non-hydrogen) atoms. The number of fused-ring (bicyclic) bond motifs is 1. The first-order valence-corrected chi connectivity index (χ1v) is 7.06. The Morgan fingerprint density at radius 1 is 0.773 bits per heavy atom. The summed E-state index contributed by atoms with van der Waals surface area (Å²) in [6.07, 6.45) is 0. The van der Waals surface area contributed by atoms with Gasteiger partial charge < -0.3 is 9.52 Å². The van der Waals surface area contributed by atoms with Gasteiger partial charge in [0.05, 0.1) is 5.56 Å². The van der Waals surface area contributed by atoms with Crippen molar-refractivity contribution in [2.24, 2.45) is 0 Å². The highest BCUT2D eigenvalue weighted by Gasteiger charge is 2.13. The van der Waals surface area contributed by atoms with E-state index in [2.05, 4.69) is 4.98 Å². The zero-order valence-electron chi connectivity index (χ0n) is 11.7. The lowest BCUT2D eigenvalue weighted by atomic mass is 10.0. The van der Waals surface area contributed by atoms with Gasteiger partial charge in [0.25, 0.3) is 0 Å². The van der Waals surface area contributed by atoms with Crippen LogP contribution in [-0.4, -0.2) is 10.1 Å². The van der Waals surface area contributed by atoms with E-state index in [9.17, 15) is 5.11 Å². The van der Waals surface area contributed by atoms with E-state index in [1.807, 2.05) is 66.7 Å². The zero-order chi connectivity index (χ0) is 14.9. The highest BCUT2D eigenvalue weighted by Crippen LogP contribution is 2.34. The van der Waals surface area contributed by atoms with E-state index in [1.54, 1.807) is 6.07 Å². The van der Waals surface area contributed by atoms with Gasteiger partial charge in [-0.15, -0.1) is 0 Å². The summed E-state index contributed by atoms with van der Waals surface area (Å²) in [5.74, 6) is 0.586. The van der Waals surface area contributed by atoms with Crippen LogP contribution in [0.25, 0.3) is 33.7 Å². The molecule has 0 aliphatic carbocycles. The molecule has 106 valence electrons. The Bertz CT molecular complexity index is 909. The lowest BCUT2D eigenvalue weighted by Crippen LogP contribution is -1.82. The number of para-hydroxylation sites is 2. The number of hydrogen-bond donors (Lipinski definition) is 1. The van der Waals surface area contributed by atoms with Gasteiger partial charge in [0, 0.05) is 0 Å². The van der Waals surface area contributed by atoms with Crippen LogP contribution in [0.2, 0.25) is 0 Å². The van der Waals surface area contributed by atoms with Gasteiger partial charge in [-0.1, -0.05) is 48.5 Å².